The van der Waals surface area contributed by atoms with E-state index in [1.54, 1.807) is 13.2 Å². The molecule has 4 saturated carbocycles. The molecule has 4 bridgehead atoms. The summed E-state index contributed by atoms with van der Waals surface area (Å²) >= 11 is 0. The number of rotatable bonds is 5. The van der Waals surface area contributed by atoms with Crippen molar-refractivity contribution in [3.8, 4) is 5.75 Å². The van der Waals surface area contributed by atoms with Crippen LogP contribution < -0.4 is 4.74 Å². The van der Waals surface area contributed by atoms with Gasteiger partial charge in [0.1, 0.15) is 11.9 Å². The van der Waals surface area contributed by atoms with Gasteiger partial charge in [-0.05, 0) is 73.3 Å². The minimum absolute atomic E-state index is 0.378. The molecule has 2 heterocycles. The van der Waals surface area contributed by atoms with Crippen molar-refractivity contribution < 1.29 is 44.4 Å². The molecule has 198 valence electrons. The number of aliphatic hydroxyl groups is 4. The molecule has 8 rings (SSSR count). The Hall–Kier alpha value is -2.40. The zero-order chi connectivity index (χ0) is 25.5. The Morgan fingerprint density at radius 1 is 0.946 bits per heavy atom. The largest absolute Gasteiger partial charge is 0.506 e. The van der Waals surface area contributed by atoms with Gasteiger partial charge in [0, 0.05) is 18.1 Å². The lowest BCUT2D eigenvalue weighted by atomic mass is 9.47. The molecule has 4 atom stereocenters. The molecule has 0 amide bonds. The highest BCUT2D eigenvalue weighted by molar-refractivity contribution is 5.89. The maximum atomic E-state index is 10.5. The van der Waals surface area contributed by atoms with Crippen molar-refractivity contribution in [1.29, 1.82) is 0 Å². The molecule has 2 aromatic rings. The summed E-state index contributed by atoms with van der Waals surface area (Å²) < 4.78 is 17.7. The van der Waals surface area contributed by atoms with Crippen molar-refractivity contribution in [3.63, 3.8) is 0 Å². The van der Waals surface area contributed by atoms with Gasteiger partial charge in [-0.15, -0.1) is 0 Å². The van der Waals surface area contributed by atoms with Crippen molar-refractivity contribution in [2.24, 2.45) is 23.7 Å². The van der Waals surface area contributed by atoms with Gasteiger partial charge in [-0.1, -0.05) is 24.3 Å². The van der Waals surface area contributed by atoms with Crippen molar-refractivity contribution in [3.05, 3.63) is 53.5 Å². The number of ether oxygens (including phenoxy) is 3. The predicted octanol–water partition coefficient (Wildman–Crippen LogP) is 3.58. The average Bonchev–Trinajstić information content (AvgIpc) is 2.89. The summed E-state index contributed by atoms with van der Waals surface area (Å²) in [5.74, 6) is 0.355. The Kier molecular flexibility index (Phi) is 5.31. The van der Waals surface area contributed by atoms with Gasteiger partial charge in [0.25, 0.3) is 5.79 Å². The van der Waals surface area contributed by atoms with Crippen LogP contribution in [-0.2, 0) is 25.0 Å². The zero-order valence-corrected chi connectivity index (χ0v) is 20.6. The van der Waals surface area contributed by atoms with Crippen LogP contribution in [0.1, 0.15) is 37.7 Å². The summed E-state index contributed by atoms with van der Waals surface area (Å²) in [6, 6.07) is 11.4. The minimum atomic E-state index is -1.62. The molecule has 1 spiro atoms. The van der Waals surface area contributed by atoms with Gasteiger partial charge in [-0.3, -0.25) is 0 Å². The molecule has 2 aliphatic heterocycles. The summed E-state index contributed by atoms with van der Waals surface area (Å²) in [7, 11) is 1.67. The molecule has 9 heteroatoms. The maximum absolute atomic E-state index is 10.5. The van der Waals surface area contributed by atoms with Crippen LogP contribution in [0.2, 0.25) is 0 Å². The topological polar surface area (TPSA) is 127 Å². The summed E-state index contributed by atoms with van der Waals surface area (Å²) in [5.41, 5.74) is 0.306. The second-order valence-corrected chi connectivity index (χ2v) is 11.3. The van der Waals surface area contributed by atoms with E-state index < -0.39 is 48.0 Å². The molecule has 1 saturated heterocycles. The average molecular weight is 513 g/mol. The fourth-order valence-corrected chi connectivity index (χ4v) is 8.00. The normalized spacial score (nSPS) is 42.4. The highest BCUT2D eigenvalue weighted by atomic mass is 17.3. The Morgan fingerprint density at radius 3 is 2.30 bits per heavy atom. The molecule has 0 radical (unpaired) electrons. The van der Waals surface area contributed by atoms with E-state index in [9.17, 15) is 20.4 Å². The predicted molar refractivity (Wildman–Crippen MR) is 129 cm³/mol. The third-order valence-electron chi connectivity index (χ3n) is 9.48. The first kappa shape index (κ1) is 23.7. The molecule has 0 aromatic heterocycles. The Labute approximate surface area is 214 Å². The number of methoxy groups -OCH3 is 1. The van der Waals surface area contributed by atoms with Crippen LogP contribution >= 0.6 is 0 Å². The van der Waals surface area contributed by atoms with Gasteiger partial charge in [-0.2, -0.15) is 4.89 Å². The summed E-state index contributed by atoms with van der Waals surface area (Å²) in [4.78, 5) is 12.0. The molecule has 6 aliphatic rings. The summed E-state index contributed by atoms with van der Waals surface area (Å²) in [6.45, 7) is -0.581. The lowest BCUT2D eigenvalue weighted by molar-refractivity contribution is -0.645. The highest BCUT2D eigenvalue weighted by Gasteiger charge is 2.76. The standard InChI is InChI=1S/C28H32O9/c1-33-28(27(36-37-28)18-8-14-7-15(10-18)11-19(27)9-14)17-6-5-16-3-2-4-21(20(16)12-17)34-26-25(32)24(31)23(30)22(13-29)35-26/h2-6,12,14-15,18-19,22,25-26,29-32H,7-11,13H2,1H3. The smallest absolute Gasteiger partial charge is 0.260 e. The fourth-order valence-electron chi connectivity index (χ4n) is 8.00. The maximum Gasteiger partial charge on any atom is 0.260 e. The van der Waals surface area contributed by atoms with Gasteiger partial charge in [0.15, 0.2) is 23.2 Å². The molecular weight excluding hydrogens is 480 g/mol. The van der Waals surface area contributed by atoms with Crippen molar-refractivity contribution in [2.75, 3.05) is 13.7 Å². The van der Waals surface area contributed by atoms with Crippen LogP contribution in [0.15, 0.2) is 47.9 Å². The van der Waals surface area contributed by atoms with E-state index in [1.807, 2.05) is 30.3 Å². The molecule has 4 N–H and O–H groups in total. The highest BCUT2D eigenvalue weighted by Crippen LogP contribution is 2.69. The van der Waals surface area contributed by atoms with Crippen LogP contribution in [0.25, 0.3) is 10.8 Å². The van der Waals surface area contributed by atoms with Crippen LogP contribution in [0.5, 0.6) is 5.75 Å². The second kappa shape index (κ2) is 8.30. The van der Waals surface area contributed by atoms with Crippen LogP contribution in [0.4, 0.5) is 0 Å². The summed E-state index contributed by atoms with van der Waals surface area (Å²) in [6.07, 6.45) is 1.71. The Bertz CT molecular complexity index is 1230. The molecule has 4 aliphatic carbocycles. The van der Waals surface area contributed by atoms with E-state index in [-0.39, 0.29) is 0 Å². The fraction of sp³-hybridized carbons (Fsp3) is 0.571. The lowest BCUT2D eigenvalue weighted by Gasteiger charge is -2.68. The van der Waals surface area contributed by atoms with E-state index in [0.29, 0.717) is 17.6 Å². The van der Waals surface area contributed by atoms with E-state index in [0.717, 1.165) is 53.9 Å². The van der Waals surface area contributed by atoms with Gasteiger partial charge in [-0.25, -0.2) is 4.89 Å². The van der Waals surface area contributed by atoms with Crippen molar-refractivity contribution in [1.82, 2.24) is 0 Å². The van der Waals surface area contributed by atoms with E-state index in [1.165, 1.54) is 6.42 Å². The minimum Gasteiger partial charge on any atom is -0.506 e. The van der Waals surface area contributed by atoms with E-state index in [2.05, 4.69) is 0 Å². The number of hydrogen-bond donors (Lipinski definition) is 4. The molecular formula is C28H32O9. The number of fused-ring (bicyclic) bond motifs is 1. The third-order valence-corrected chi connectivity index (χ3v) is 9.48. The number of benzene rings is 2. The number of hydrogen-bond acceptors (Lipinski definition) is 9. The first-order chi connectivity index (χ1) is 17.9. The van der Waals surface area contributed by atoms with Crippen LogP contribution in [0, 0.1) is 23.7 Å². The molecule has 5 fully saturated rings. The van der Waals surface area contributed by atoms with Crippen molar-refractivity contribution >= 4 is 10.8 Å². The first-order valence-corrected chi connectivity index (χ1v) is 13.1. The first-order valence-electron chi connectivity index (χ1n) is 13.1. The zero-order valence-electron chi connectivity index (χ0n) is 20.6. The Morgan fingerprint density at radius 2 is 1.68 bits per heavy atom. The number of aliphatic hydroxyl groups excluding tert-OH is 4. The van der Waals surface area contributed by atoms with E-state index in [4.69, 9.17) is 24.0 Å². The summed E-state index contributed by atoms with van der Waals surface area (Å²) in [5, 5.41) is 41.7. The van der Waals surface area contributed by atoms with E-state index >= 15 is 0 Å². The van der Waals surface area contributed by atoms with Crippen LogP contribution in [-0.4, -0.2) is 58.2 Å². The molecule has 37 heavy (non-hydrogen) atoms. The van der Waals surface area contributed by atoms with Gasteiger partial charge >= 0.3 is 0 Å². The van der Waals surface area contributed by atoms with Crippen molar-refractivity contribution in [2.45, 2.75) is 62.0 Å². The van der Waals surface area contributed by atoms with Gasteiger partial charge in [0.2, 0.25) is 6.29 Å². The van der Waals surface area contributed by atoms with Gasteiger partial charge in [0.05, 0.1) is 6.61 Å². The second-order valence-electron chi connectivity index (χ2n) is 11.3. The monoisotopic (exact) mass is 512 g/mol. The quantitative estimate of drug-likeness (QED) is 0.445. The van der Waals surface area contributed by atoms with Crippen LogP contribution in [0.3, 0.4) is 0 Å². The Balaban J connectivity index is 1.26. The third kappa shape index (κ3) is 3.13. The molecule has 2 aromatic carbocycles. The lowest BCUT2D eigenvalue weighted by Crippen LogP contribution is -2.76. The molecule has 4 unspecified atom stereocenters. The molecule has 9 nitrogen and oxygen atoms in total. The SMILES string of the molecule is COC1(c2ccc3cccc(OC4OC(CO)C(O)=C(O)C4O)c3c2)OOC12C1CC3CC(C1)CC2C3. The van der Waals surface area contributed by atoms with Gasteiger partial charge < -0.3 is 34.6 Å².